The molecule has 0 atom stereocenters. The van der Waals surface area contributed by atoms with Gasteiger partial charge in [0.1, 0.15) is 0 Å². The molecule has 1 aromatic rings. The lowest BCUT2D eigenvalue weighted by atomic mass is 10.3. The molecule has 0 aliphatic carbocycles. The van der Waals surface area contributed by atoms with Gasteiger partial charge in [-0.1, -0.05) is 11.6 Å². The van der Waals surface area contributed by atoms with Crippen LogP contribution in [-0.4, -0.2) is 23.6 Å². The molecule has 0 aliphatic heterocycles. The normalized spacial score (nSPS) is 10.2. The number of thiocarbonyl (C=S) groups is 1. The van der Waals surface area contributed by atoms with Crippen molar-refractivity contribution in [1.29, 1.82) is 0 Å². The van der Waals surface area contributed by atoms with Gasteiger partial charge in [-0.05, 0) is 53.3 Å². The molecule has 8 heteroatoms. The van der Waals surface area contributed by atoms with Crippen LogP contribution < -0.4 is 10.6 Å². The molecular weight excluding hydrogens is 380 g/mol. The van der Waals surface area contributed by atoms with E-state index >= 15 is 0 Å². The van der Waals surface area contributed by atoms with Gasteiger partial charge >= 0.3 is 5.97 Å². The number of hydrogen-bond donors (Lipinski definition) is 2. The summed E-state index contributed by atoms with van der Waals surface area (Å²) in [5.74, 6) is -1.13. The van der Waals surface area contributed by atoms with Crippen LogP contribution >= 0.6 is 39.7 Å². The molecule has 1 amide bonds. The van der Waals surface area contributed by atoms with Crippen molar-refractivity contribution < 1.29 is 14.3 Å². The Kier molecular flexibility index (Phi) is 7.35. The Bertz CT molecular complexity index is 593. The third-order valence-corrected chi connectivity index (χ3v) is 3.51. The Morgan fingerprint density at radius 3 is 2.76 bits per heavy atom. The summed E-state index contributed by atoms with van der Waals surface area (Å²) in [5.41, 5.74) is 0.628. The van der Waals surface area contributed by atoms with Gasteiger partial charge in [0.25, 0.3) is 0 Å². The highest BCUT2D eigenvalue weighted by molar-refractivity contribution is 9.10. The molecular formula is C13H12BrClN2O3S. The second kappa shape index (κ2) is 8.76. The number of esters is 1. The Morgan fingerprint density at radius 1 is 1.43 bits per heavy atom. The topological polar surface area (TPSA) is 67.4 Å². The van der Waals surface area contributed by atoms with Crippen LogP contribution in [0.1, 0.15) is 6.92 Å². The van der Waals surface area contributed by atoms with Gasteiger partial charge in [-0.15, -0.1) is 0 Å². The Hall–Kier alpha value is -1.44. The lowest BCUT2D eigenvalue weighted by Gasteiger charge is -2.08. The number of benzene rings is 1. The van der Waals surface area contributed by atoms with Crippen molar-refractivity contribution >= 4 is 62.4 Å². The molecule has 0 aromatic heterocycles. The molecule has 21 heavy (non-hydrogen) atoms. The van der Waals surface area contributed by atoms with Gasteiger partial charge in [-0.3, -0.25) is 10.1 Å². The number of hydrogen-bond acceptors (Lipinski definition) is 4. The number of anilines is 1. The minimum absolute atomic E-state index is 0.0897. The fourth-order valence-electron chi connectivity index (χ4n) is 1.22. The highest BCUT2D eigenvalue weighted by atomic mass is 79.9. The van der Waals surface area contributed by atoms with E-state index in [9.17, 15) is 9.59 Å². The number of rotatable bonds is 4. The van der Waals surface area contributed by atoms with Crippen LogP contribution in [0.4, 0.5) is 5.69 Å². The van der Waals surface area contributed by atoms with Crippen LogP contribution in [-0.2, 0) is 14.3 Å². The summed E-state index contributed by atoms with van der Waals surface area (Å²) in [6.45, 7) is 1.92. The van der Waals surface area contributed by atoms with Crippen LogP contribution in [0.15, 0.2) is 34.8 Å². The van der Waals surface area contributed by atoms with Crippen molar-refractivity contribution in [2.75, 3.05) is 11.9 Å². The van der Waals surface area contributed by atoms with Gasteiger partial charge in [-0.25, -0.2) is 4.79 Å². The van der Waals surface area contributed by atoms with E-state index in [4.69, 9.17) is 23.8 Å². The molecule has 1 aromatic carbocycles. The average Bonchev–Trinajstić information content (AvgIpc) is 2.41. The molecule has 0 aliphatic rings. The number of halogens is 2. The largest absolute Gasteiger partial charge is 0.463 e. The van der Waals surface area contributed by atoms with Crippen molar-refractivity contribution in [3.8, 4) is 0 Å². The van der Waals surface area contributed by atoms with E-state index in [-0.39, 0.29) is 11.7 Å². The van der Waals surface area contributed by atoms with Crippen molar-refractivity contribution in [3.05, 3.63) is 39.8 Å². The van der Waals surface area contributed by atoms with E-state index in [1.54, 1.807) is 25.1 Å². The fourth-order valence-corrected chi connectivity index (χ4v) is 1.87. The lowest BCUT2D eigenvalue weighted by Crippen LogP contribution is -2.33. The van der Waals surface area contributed by atoms with Gasteiger partial charge in [0, 0.05) is 22.3 Å². The van der Waals surface area contributed by atoms with Gasteiger partial charge < -0.3 is 10.1 Å². The maximum Gasteiger partial charge on any atom is 0.330 e. The first-order chi connectivity index (χ1) is 9.92. The van der Waals surface area contributed by atoms with Crippen LogP contribution in [0.3, 0.4) is 0 Å². The predicted octanol–water partition coefficient (Wildman–Crippen LogP) is 3.03. The summed E-state index contributed by atoms with van der Waals surface area (Å²) in [5, 5.41) is 5.79. The average molecular weight is 392 g/mol. The summed E-state index contributed by atoms with van der Waals surface area (Å²) in [4.78, 5) is 22.5. The molecule has 0 bridgehead atoms. The predicted molar refractivity (Wildman–Crippen MR) is 89.3 cm³/mol. The quantitative estimate of drug-likeness (QED) is 0.469. The first kappa shape index (κ1) is 17.6. The number of amides is 1. The zero-order valence-electron chi connectivity index (χ0n) is 11.0. The van der Waals surface area contributed by atoms with E-state index in [0.29, 0.717) is 10.7 Å². The standard InChI is InChI=1S/C13H12BrClN2O3S/c1-2-20-12(19)6-5-11(18)17-13(21)16-8-3-4-9(14)10(15)7-8/h3-7H,2H2,1H3,(H2,16,17,18,21). The highest BCUT2D eigenvalue weighted by Gasteiger charge is 2.04. The third kappa shape index (κ3) is 6.70. The number of nitrogens with one attached hydrogen (secondary N) is 2. The zero-order valence-corrected chi connectivity index (χ0v) is 14.1. The monoisotopic (exact) mass is 390 g/mol. The van der Waals surface area contributed by atoms with Crippen molar-refractivity contribution in [3.63, 3.8) is 0 Å². The van der Waals surface area contributed by atoms with Gasteiger partial charge in [0.15, 0.2) is 5.11 Å². The smallest absolute Gasteiger partial charge is 0.330 e. The second-order valence-electron chi connectivity index (χ2n) is 3.66. The molecule has 2 N–H and O–H groups in total. The molecule has 0 saturated carbocycles. The van der Waals surface area contributed by atoms with E-state index in [0.717, 1.165) is 16.6 Å². The molecule has 0 unspecified atom stereocenters. The Morgan fingerprint density at radius 2 is 2.14 bits per heavy atom. The van der Waals surface area contributed by atoms with Gasteiger partial charge in [-0.2, -0.15) is 0 Å². The molecule has 0 spiro atoms. The minimum Gasteiger partial charge on any atom is -0.463 e. The first-order valence-corrected chi connectivity index (χ1v) is 7.42. The van der Waals surface area contributed by atoms with Crippen LogP contribution in [0, 0.1) is 0 Å². The minimum atomic E-state index is -0.591. The van der Waals surface area contributed by atoms with E-state index in [1.807, 2.05) is 0 Å². The van der Waals surface area contributed by atoms with Gasteiger partial charge in [0.2, 0.25) is 5.91 Å². The van der Waals surface area contributed by atoms with Crippen LogP contribution in [0.25, 0.3) is 0 Å². The molecule has 112 valence electrons. The Labute approximate surface area is 140 Å². The zero-order chi connectivity index (χ0) is 15.8. The maximum absolute atomic E-state index is 11.5. The van der Waals surface area contributed by atoms with E-state index in [1.165, 1.54) is 0 Å². The van der Waals surface area contributed by atoms with Crippen LogP contribution in [0.2, 0.25) is 5.02 Å². The highest BCUT2D eigenvalue weighted by Crippen LogP contribution is 2.25. The first-order valence-electron chi connectivity index (χ1n) is 5.84. The Balaban J connectivity index is 2.51. The maximum atomic E-state index is 11.5. The van der Waals surface area contributed by atoms with Crippen molar-refractivity contribution in [2.24, 2.45) is 0 Å². The number of carbonyl (C=O) groups excluding carboxylic acids is 2. The SMILES string of the molecule is CCOC(=O)C=CC(=O)NC(=S)Nc1ccc(Br)c(Cl)c1. The molecule has 0 fully saturated rings. The molecule has 0 heterocycles. The summed E-state index contributed by atoms with van der Waals surface area (Å²) >= 11 is 14.2. The van der Waals surface area contributed by atoms with Crippen LogP contribution in [0.5, 0.6) is 0 Å². The molecule has 0 saturated heterocycles. The number of carbonyl (C=O) groups is 2. The van der Waals surface area contributed by atoms with E-state index < -0.39 is 11.9 Å². The summed E-state index contributed by atoms with van der Waals surface area (Å²) in [7, 11) is 0. The fraction of sp³-hybridized carbons (Fsp3) is 0.154. The molecule has 0 radical (unpaired) electrons. The van der Waals surface area contributed by atoms with Crippen molar-refractivity contribution in [2.45, 2.75) is 6.92 Å². The summed E-state index contributed by atoms with van der Waals surface area (Å²) < 4.78 is 5.40. The van der Waals surface area contributed by atoms with E-state index in [2.05, 4.69) is 31.3 Å². The summed E-state index contributed by atoms with van der Waals surface area (Å²) in [6.07, 6.45) is 2.07. The van der Waals surface area contributed by atoms with Crippen molar-refractivity contribution in [1.82, 2.24) is 5.32 Å². The van der Waals surface area contributed by atoms with Gasteiger partial charge in [0.05, 0.1) is 11.6 Å². The molecule has 1 rings (SSSR count). The second-order valence-corrected chi connectivity index (χ2v) is 5.33. The lowest BCUT2D eigenvalue weighted by molar-refractivity contribution is -0.137. The summed E-state index contributed by atoms with van der Waals surface area (Å²) in [6, 6.07) is 5.14. The number of ether oxygens (including phenoxy) is 1. The molecule has 5 nitrogen and oxygen atoms in total. The third-order valence-electron chi connectivity index (χ3n) is 2.07.